The van der Waals surface area contributed by atoms with Crippen LogP contribution in [0.2, 0.25) is 5.02 Å². The van der Waals surface area contributed by atoms with E-state index in [-0.39, 0.29) is 5.91 Å². The Bertz CT molecular complexity index is 880. The first-order valence-electron chi connectivity index (χ1n) is 7.49. The normalized spacial score (nSPS) is 10.4. The van der Waals surface area contributed by atoms with Crippen LogP contribution in [0.1, 0.15) is 15.2 Å². The first kappa shape index (κ1) is 17.3. The molecule has 3 rings (SSSR count). The second-order valence-electron chi connectivity index (χ2n) is 5.29. The van der Waals surface area contributed by atoms with Crippen LogP contribution < -0.4 is 15.4 Å². The number of pyridine rings is 1. The molecule has 0 saturated heterocycles. The second kappa shape index (κ2) is 7.55. The number of halogens is 1. The molecular formula is C18H16ClN3O2S. The lowest BCUT2D eigenvalue weighted by atomic mass is 10.2. The van der Waals surface area contributed by atoms with Gasteiger partial charge in [0.2, 0.25) is 0 Å². The number of carbonyl (C=O) groups is 1. The summed E-state index contributed by atoms with van der Waals surface area (Å²) in [5.74, 6) is 1.12. The molecule has 128 valence electrons. The predicted molar refractivity (Wildman–Crippen MR) is 103 cm³/mol. The molecule has 1 amide bonds. The summed E-state index contributed by atoms with van der Waals surface area (Å²) in [6.45, 7) is 1.92. The molecule has 0 saturated carbocycles. The number of carbonyl (C=O) groups excluding carboxylic acids is 1. The van der Waals surface area contributed by atoms with E-state index in [1.54, 1.807) is 37.6 Å². The molecule has 0 radical (unpaired) electrons. The highest BCUT2D eigenvalue weighted by Gasteiger charge is 2.09. The van der Waals surface area contributed by atoms with Crippen molar-refractivity contribution in [2.45, 2.75) is 6.92 Å². The fourth-order valence-electron chi connectivity index (χ4n) is 2.21. The number of nitrogens with zero attached hydrogens (tertiary/aromatic N) is 1. The van der Waals surface area contributed by atoms with E-state index >= 15 is 0 Å². The third kappa shape index (κ3) is 4.10. The van der Waals surface area contributed by atoms with Crippen LogP contribution in [0.15, 0.2) is 48.0 Å². The van der Waals surface area contributed by atoms with Crippen LogP contribution in [-0.2, 0) is 0 Å². The molecule has 0 aliphatic rings. The maximum atomic E-state index is 12.0. The van der Waals surface area contributed by atoms with Crippen LogP contribution in [0, 0.1) is 6.92 Å². The molecule has 0 fully saturated rings. The predicted octanol–water partition coefficient (Wildman–Crippen LogP) is 5.11. The minimum Gasteiger partial charge on any atom is -0.495 e. The summed E-state index contributed by atoms with van der Waals surface area (Å²) < 4.78 is 5.34. The summed E-state index contributed by atoms with van der Waals surface area (Å²) in [6, 6.07) is 10.8. The van der Waals surface area contributed by atoms with Crippen molar-refractivity contribution < 1.29 is 9.53 Å². The zero-order chi connectivity index (χ0) is 17.8. The number of methoxy groups -OCH3 is 1. The highest BCUT2D eigenvalue weighted by atomic mass is 35.5. The zero-order valence-corrected chi connectivity index (χ0v) is 15.2. The Morgan fingerprint density at radius 2 is 2.12 bits per heavy atom. The number of ether oxygens (including phenoxy) is 1. The summed E-state index contributed by atoms with van der Waals surface area (Å²) in [5, 5.41) is 8.51. The van der Waals surface area contributed by atoms with Gasteiger partial charge in [0.05, 0.1) is 29.6 Å². The molecule has 5 nitrogen and oxygen atoms in total. The van der Waals surface area contributed by atoms with Crippen molar-refractivity contribution in [3.8, 4) is 5.75 Å². The Morgan fingerprint density at radius 1 is 1.28 bits per heavy atom. The number of thiophene rings is 1. The van der Waals surface area contributed by atoms with E-state index in [2.05, 4.69) is 15.6 Å². The van der Waals surface area contributed by atoms with E-state index in [1.807, 2.05) is 24.4 Å². The van der Waals surface area contributed by atoms with Gasteiger partial charge in [0, 0.05) is 11.1 Å². The van der Waals surface area contributed by atoms with Crippen molar-refractivity contribution in [2.75, 3.05) is 17.7 Å². The molecule has 0 atom stereocenters. The van der Waals surface area contributed by atoms with E-state index in [0.717, 1.165) is 11.3 Å². The highest BCUT2D eigenvalue weighted by molar-refractivity contribution is 7.12. The van der Waals surface area contributed by atoms with Gasteiger partial charge in [-0.3, -0.25) is 4.79 Å². The lowest BCUT2D eigenvalue weighted by Crippen LogP contribution is -2.10. The minimum atomic E-state index is -0.146. The largest absolute Gasteiger partial charge is 0.495 e. The molecular weight excluding hydrogens is 358 g/mol. The number of aromatic nitrogens is 1. The molecule has 0 bridgehead atoms. The average molecular weight is 374 g/mol. The van der Waals surface area contributed by atoms with Crippen LogP contribution >= 0.6 is 22.9 Å². The number of hydrogen-bond acceptors (Lipinski definition) is 5. The molecule has 3 aromatic rings. The fraction of sp³-hybridized carbons (Fsp3) is 0.111. The molecule has 0 unspecified atom stereocenters. The number of anilines is 3. The molecule has 7 heteroatoms. The van der Waals surface area contributed by atoms with Crippen molar-refractivity contribution >= 4 is 46.0 Å². The Labute approximate surface area is 154 Å². The zero-order valence-electron chi connectivity index (χ0n) is 13.7. The van der Waals surface area contributed by atoms with Gasteiger partial charge >= 0.3 is 0 Å². The molecule has 1 aromatic carbocycles. The van der Waals surface area contributed by atoms with Gasteiger partial charge in [-0.25, -0.2) is 4.98 Å². The van der Waals surface area contributed by atoms with E-state index in [1.165, 1.54) is 11.3 Å². The Morgan fingerprint density at radius 3 is 2.76 bits per heavy atom. The summed E-state index contributed by atoms with van der Waals surface area (Å²) in [7, 11) is 1.59. The van der Waals surface area contributed by atoms with E-state index in [9.17, 15) is 4.79 Å². The van der Waals surface area contributed by atoms with E-state index < -0.39 is 0 Å². The topological polar surface area (TPSA) is 63.2 Å². The van der Waals surface area contributed by atoms with Crippen molar-refractivity contribution in [1.29, 1.82) is 0 Å². The number of hydrogen-bond donors (Lipinski definition) is 2. The third-order valence-corrected chi connectivity index (χ3v) is 4.79. The molecule has 0 aliphatic heterocycles. The van der Waals surface area contributed by atoms with Gasteiger partial charge in [-0.2, -0.15) is 0 Å². The van der Waals surface area contributed by atoms with Crippen LogP contribution in [-0.4, -0.2) is 18.0 Å². The van der Waals surface area contributed by atoms with Crippen molar-refractivity contribution in [3.05, 3.63) is 63.4 Å². The lowest BCUT2D eigenvalue weighted by Gasteiger charge is -2.13. The fourth-order valence-corrected chi connectivity index (χ4v) is 2.98. The maximum Gasteiger partial charge on any atom is 0.265 e. The molecule has 0 aliphatic carbocycles. The van der Waals surface area contributed by atoms with E-state index in [4.69, 9.17) is 16.3 Å². The van der Waals surface area contributed by atoms with Gasteiger partial charge in [0.25, 0.3) is 5.91 Å². The van der Waals surface area contributed by atoms with E-state index in [0.29, 0.717) is 27.2 Å². The van der Waals surface area contributed by atoms with Crippen LogP contribution in [0.3, 0.4) is 0 Å². The SMILES string of the molecule is COc1cc(Cl)c(C)cc1Nc1ccc(NC(=O)c2cccs2)cn1. The van der Waals surface area contributed by atoms with Crippen LogP contribution in [0.25, 0.3) is 0 Å². The number of benzene rings is 1. The Balaban J connectivity index is 1.73. The first-order chi connectivity index (χ1) is 12.1. The van der Waals surface area contributed by atoms with Gasteiger partial charge < -0.3 is 15.4 Å². The quantitative estimate of drug-likeness (QED) is 0.652. The summed E-state index contributed by atoms with van der Waals surface area (Å²) >= 11 is 7.51. The molecule has 2 heterocycles. The molecule has 25 heavy (non-hydrogen) atoms. The van der Waals surface area contributed by atoms with Crippen molar-refractivity contribution in [2.24, 2.45) is 0 Å². The third-order valence-electron chi connectivity index (χ3n) is 3.51. The summed E-state index contributed by atoms with van der Waals surface area (Å²) in [6.07, 6.45) is 1.60. The standard InChI is InChI=1S/C18H16ClN3O2S/c1-11-8-14(15(24-2)9-13(11)19)22-17-6-5-12(10-20-17)21-18(23)16-4-3-7-25-16/h3-10H,1-2H3,(H,20,22)(H,21,23). The monoisotopic (exact) mass is 373 g/mol. The smallest absolute Gasteiger partial charge is 0.265 e. The number of nitrogens with one attached hydrogen (secondary N) is 2. The summed E-state index contributed by atoms with van der Waals surface area (Å²) in [5.41, 5.74) is 2.33. The van der Waals surface area contributed by atoms with Gasteiger partial charge in [-0.1, -0.05) is 17.7 Å². The Kier molecular flexibility index (Phi) is 5.21. The lowest BCUT2D eigenvalue weighted by molar-refractivity contribution is 0.103. The molecule has 0 spiro atoms. The Hall–Kier alpha value is -2.57. The summed E-state index contributed by atoms with van der Waals surface area (Å²) in [4.78, 5) is 17.0. The van der Waals surface area contributed by atoms with Gasteiger partial charge in [0.1, 0.15) is 11.6 Å². The van der Waals surface area contributed by atoms with Gasteiger partial charge in [-0.05, 0) is 42.1 Å². The van der Waals surface area contributed by atoms with Crippen LogP contribution in [0.4, 0.5) is 17.2 Å². The van der Waals surface area contributed by atoms with Crippen molar-refractivity contribution in [1.82, 2.24) is 4.98 Å². The second-order valence-corrected chi connectivity index (χ2v) is 6.65. The van der Waals surface area contributed by atoms with Crippen LogP contribution in [0.5, 0.6) is 5.75 Å². The highest BCUT2D eigenvalue weighted by Crippen LogP contribution is 2.32. The van der Waals surface area contributed by atoms with Crippen molar-refractivity contribution in [3.63, 3.8) is 0 Å². The average Bonchev–Trinajstić information content (AvgIpc) is 3.14. The van der Waals surface area contributed by atoms with Gasteiger partial charge in [-0.15, -0.1) is 11.3 Å². The number of aryl methyl sites for hydroxylation is 1. The molecule has 2 aromatic heterocycles. The minimum absolute atomic E-state index is 0.146. The first-order valence-corrected chi connectivity index (χ1v) is 8.74. The maximum absolute atomic E-state index is 12.0. The van der Waals surface area contributed by atoms with Gasteiger partial charge in [0.15, 0.2) is 0 Å². The molecule has 2 N–H and O–H groups in total. The number of amides is 1. The number of rotatable bonds is 5.